The highest BCUT2D eigenvalue weighted by molar-refractivity contribution is 9.10. The molecule has 0 bridgehead atoms. The molecule has 1 atom stereocenters. The van der Waals surface area contributed by atoms with Gasteiger partial charge in [-0.3, -0.25) is 0 Å². The van der Waals surface area contributed by atoms with Crippen molar-refractivity contribution in [2.24, 2.45) is 5.92 Å². The average molecular weight is 387 g/mol. The van der Waals surface area contributed by atoms with E-state index in [0.29, 0.717) is 23.6 Å². The molecule has 1 aliphatic rings. The molecule has 21 heavy (non-hydrogen) atoms. The molecule has 0 spiro atoms. The summed E-state index contributed by atoms with van der Waals surface area (Å²) in [6.45, 7) is 2.62. The van der Waals surface area contributed by atoms with E-state index in [1.54, 1.807) is 11.3 Å². The van der Waals surface area contributed by atoms with Gasteiger partial charge in [-0.25, -0.2) is 0 Å². The van der Waals surface area contributed by atoms with Gasteiger partial charge >= 0.3 is 0 Å². The van der Waals surface area contributed by atoms with Crippen LogP contribution in [-0.2, 0) is 0 Å². The SMILES string of the molecule is CCOc1c(Br)cc(Cl)cc1NC(c1cccs1)C1CC1. The molecule has 0 amide bonds. The van der Waals surface area contributed by atoms with Crippen LogP contribution >= 0.6 is 38.9 Å². The van der Waals surface area contributed by atoms with E-state index in [2.05, 4.69) is 38.8 Å². The fourth-order valence-corrected chi connectivity index (χ4v) is 4.24. The molecule has 3 rings (SSSR count). The number of benzene rings is 1. The van der Waals surface area contributed by atoms with Crippen molar-refractivity contribution in [1.82, 2.24) is 0 Å². The Morgan fingerprint density at radius 1 is 1.48 bits per heavy atom. The Balaban J connectivity index is 1.92. The maximum atomic E-state index is 6.20. The monoisotopic (exact) mass is 385 g/mol. The molecule has 0 saturated heterocycles. The number of halogens is 2. The molecule has 1 heterocycles. The smallest absolute Gasteiger partial charge is 0.156 e. The minimum atomic E-state index is 0.342. The van der Waals surface area contributed by atoms with Crippen LogP contribution in [0.5, 0.6) is 5.75 Å². The third kappa shape index (κ3) is 3.55. The number of anilines is 1. The summed E-state index contributed by atoms with van der Waals surface area (Å²) in [7, 11) is 0. The first-order valence-electron chi connectivity index (χ1n) is 7.10. The predicted molar refractivity (Wildman–Crippen MR) is 93.7 cm³/mol. The zero-order chi connectivity index (χ0) is 14.8. The highest BCUT2D eigenvalue weighted by atomic mass is 79.9. The summed E-state index contributed by atoms with van der Waals surface area (Å²) in [4.78, 5) is 1.37. The Labute approximate surface area is 142 Å². The van der Waals surface area contributed by atoms with Crippen LogP contribution in [0.25, 0.3) is 0 Å². The molecule has 1 N–H and O–H groups in total. The van der Waals surface area contributed by atoms with E-state index in [-0.39, 0.29) is 0 Å². The molecule has 5 heteroatoms. The first kappa shape index (κ1) is 15.2. The predicted octanol–water partition coefficient (Wildman–Crippen LogP) is 6.13. The van der Waals surface area contributed by atoms with Crippen LogP contribution in [-0.4, -0.2) is 6.61 Å². The second-order valence-electron chi connectivity index (χ2n) is 5.17. The fraction of sp³-hybridized carbons (Fsp3) is 0.375. The van der Waals surface area contributed by atoms with Crippen LogP contribution in [0.15, 0.2) is 34.1 Å². The van der Waals surface area contributed by atoms with Crippen LogP contribution in [0.1, 0.15) is 30.7 Å². The minimum Gasteiger partial charge on any atom is -0.491 e. The second-order valence-corrected chi connectivity index (χ2v) is 7.44. The Morgan fingerprint density at radius 3 is 2.90 bits per heavy atom. The molecule has 1 unspecified atom stereocenters. The lowest BCUT2D eigenvalue weighted by atomic mass is 10.1. The minimum absolute atomic E-state index is 0.342. The van der Waals surface area contributed by atoms with Crippen molar-refractivity contribution < 1.29 is 4.74 Å². The molecule has 0 aliphatic heterocycles. The highest BCUT2D eigenvalue weighted by Gasteiger charge is 2.33. The molecule has 1 aromatic heterocycles. The number of ether oxygens (including phenoxy) is 1. The van der Waals surface area contributed by atoms with Gasteiger partial charge in [0, 0.05) is 9.90 Å². The van der Waals surface area contributed by atoms with E-state index in [4.69, 9.17) is 16.3 Å². The van der Waals surface area contributed by atoms with Gasteiger partial charge < -0.3 is 10.1 Å². The lowest BCUT2D eigenvalue weighted by Crippen LogP contribution is -2.12. The van der Waals surface area contributed by atoms with Crippen LogP contribution in [0.3, 0.4) is 0 Å². The standard InChI is InChI=1S/C16H17BrClNOS/c1-2-20-16-12(17)8-11(18)9-13(16)19-15(10-5-6-10)14-4-3-7-21-14/h3-4,7-10,15,19H,2,5-6H2,1H3. The van der Waals surface area contributed by atoms with E-state index in [1.807, 2.05) is 19.1 Å². The lowest BCUT2D eigenvalue weighted by molar-refractivity contribution is 0.339. The third-order valence-corrected chi connectivity index (χ3v) is 5.31. The number of thiophene rings is 1. The summed E-state index contributed by atoms with van der Waals surface area (Å²) in [5.41, 5.74) is 0.960. The average Bonchev–Trinajstić information content (AvgIpc) is 3.14. The molecule has 1 aliphatic carbocycles. The van der Waals surface area contributed by atoms with Crippen LogP contribution < -0.4 is 10.1 Å². The molecule has 2 aromatic rings. The topological polar surface area (TPSA) is 21.3 Å². The first-order chi connectivity index (χ1) is 10.2. The van der Waals surface area contributed by atoms with Gasteiger partial charge in [0.2, 0.25) is 0 Å². The fourth-order valence-electron chi connectivity index (χ4n) is 2.45. The molecule has 1 saturated carbocycles. The number of hydrogen-bond acceptors (Lipinski definition) is 3. The summed E-state index contributed by atoms with van der Waals surface area (Å²) < 4.78 is 6.67. The summed E-state index contributed by atoms with van der Waals surface area (Å²) in [5, 5.41) is 6.48. The Morgan fingerprint density at radius 2 is 2.29 bits per heavy atom. The van der Waals surface area contributed by atoms with E-state index in [0.717, 1.165) is 15.9 Å². The van der Waals surface area contributed by atoms with Gasteiger partial charge in [0.05, 0.1) is 22.8 Å². The van der Waals surface area contributed by atoms with E-state index in [1.165, 1.54) is 17.7 Å². The largest absolute Gasteiger partial charge is 0.491 e. The Hall–Kier alpha value is -0.710. The summed E-state index contributed by atoms with van der Waals surface area (Å²) in [6.07, 6.45) is 2.56. The van der Waals surface area contributed by atoms with Gasteiger partial charge in [0.15, 0.2) is 5.75 Å². The zero-order valence-electron chi connectivity index (χ0n) is 11.7. The van der Waals surface area contributed by atoms with E-state index < -0.39 is 0 Å². The van der Waals surface area contributed by atoms with Crippen LogP contribution in [0, 0.1) is 5.92 Å². The first-order valence-corrected chi connectivity index (χ1v) is 9.16. The van der Waals surface area contributed by atoms with Crippen LogP contribution in [0.4, 0.5) is 5.69 Å². The third-order valence-electron chi connectivity index (χ3n) is 3.55. The maximum absolute atomic E-state index is 6.20. The Kier molecular flexibility index (Phi) is 4.77. The lowest BCUT2D eigenvalue weighted by Gasteiger charge is -2.21. The van der Waals surface area contributed by atoms with Crippen molar-refractivity contribution in [3.63, 3.8) is 0 Å². The molecule has 1 aromatic carbocycles. The maximum Gasteiger partial charge on any atom is 0.156 e. The molecule has 112 valence electrons. The van der Waals surface area contributed by atoms with Crippen molar-refractivity contribution >= 4 is 44.6 Å². The van der Waals surface area contributed by atoms with Crippen molar-refractivity contribution in [1.29, 1.82) is 0 Å². The van der Waals surface area contributed by atoms with Gasteiger partial charge in [0.25, 0.3) is 0 Å². The van der Waals surface area contributed by atoms with Gasteiger partial charge in [-0.05, 0) is 65.2 Å². The Bertz CT molecular complexity index is 613. The van der Waals surface area contributed by atoms with E-state index >= 15 is 0 Å². The van der Waals surface area contributed by atoms with Crippen molar-refractivity contribution in [2.75, 3.05) is 11.9 Å². The molecule has 2 nitrogen and oxygen atoms in total. The van der Waals surface area contributed by atoms with Gasteiger partial charge in [-0.2, -0.15) is 0 Å². The van der Waals surface area contributed by atoms with E-state index in [9.17, 15) is 0 Å². The normalized spacial score (nSPS) is 15.8. The highest BCUT2D eigenvalue weighted by Crippen LogP contribution is 2.46. The van der Waals surface area contributed by atoms with Crippen LogP contribution in [0.2, 0.25) is 5.02 Å². The molecular formula is C16H17BrClNOS. The van der Waals surface area contributed by atoms with Crippen molar-refractivity contribution in [3.05, 3.63) is 44.0 Å². The van der Waals surface area contributed by atoms with Crippen molar-refractivity contribution in [2.45, 2.75) is 25.8 Å². The van der Waals surface area contributed by atoms with Gasteiger partial charge in [-0.1, -0.05) is 17.7 Å². The summed E-state index contributed by atoms with van der Waals surface area (Å²) >= 11 is 11.5. The zero-order valence-corrected chi connectivity index (χ0v) is 14.9. The molecular weight excluding hydrogens is 370 g/mol. The number of rotatable bonds is 6. The second kappa shape index (κ2) is 6.59. The van der Waals surface area contributed by atoms with Crippen molar-refractivity contribution in [3.8, 4) is 5.75 Å². The van der Waals surface area contributed by atoms with Gasteiger partial charge in [-0.15, -0.1) is 11.3 Å². The quantitative estimate of drug-likeness (QED) is 0.645. The molecule has 1 fully saturated rings. The molecule has 0 radical (unpaired) electrons. The number of hydrogen-bond donors (Lipinski definition) is 1. The summed E-state index contributed by atoms with van der Waals surface area (Å²) in [5.74, 6) is 1.54. The summed E-state index contributed by atoms with van der Waals surface area (Å²) in [6, 6.07) is 8.46. The number of nitrogens with one attached hydrogen (secondary N) is 1. The van der Waals surface area contributed by atoms with Gasteiger partial charge in [0.1, 0.15) is 0 Å².